The molecule has 0 spiro atoms. The summed E-state index contributed by atoms with van der Waals surface area (Å²) in [6.45, 7) is 3.15. The van der Waals surface area contributed by atoms with E-state index in [0.29, 0.717) is 24.1 Å². The molecule has 0 fully saturated rings. The van der Waals surface area contributed by atoms with Crippen molar-refractivity contribution in [1.29, 1.82) is 0 Å². The van der Waals surface area contributed by atoms with Gasteiger partial charge in [-0.1, -0.05) is 11.6 Å². The summed E-state index contributed by atoms with van der Waals surface area (Å²) in [7, 11) is 3.35. The van der Waals surface area contributed by atoms with Gasteiger partial charge in [0.2, 0.25) is 0 Å². The molecule has 17 heavy (non-hydrogen) atoms. The lowest BCUT2D eigenvalue weighted by molar-refractivity contribution is 0.144. The molecule has 0 radical (unpaired) electrons. The molecular weight excluding hydrogens is 240 g/mol. The molecule has 1 rings (SSSR count). The van der Waals surface area contributed by atoms with Gasteiger partial charge in [0.15, 0.2) is 5.15 Å². The van der Waals surface area contributed by atoms with Gasteiger partial charge in [0.1, 0.15) is 0 Å². The summed E-state index contributed by atoms with van der Waals surface area (Å²) in [5.74, 6) is 0.180. The predicted octanol–water partition coefficient (Wildman–Crippen LogP) is 2.39. The number of hydrogen-bond acceptors (Lipinski definition) is 4. The number of nitrogen functional groups attached to an aromatic ring is 1. The zero-order valence-corrected chi connectivity index (χ0v) is 11.3. The van der Waals surface area contributed by atoms with Gasteiger partial charge in [-0.2, -0.15) is 0 Å². The Balaban J connectivity index is 2.99. The Morgan fingerprint density at radius 2 is 2.12 bits per heavy atom. The molecule has 0 aliphatic carbocycles. The van der Waals surface area contributed by atoms with Crippen LogP contribution in [0.5, 0.6) is 0 Å². The molecule has 0 bridgehead atoms. The summed E-state index contributed by atoms with van der Waals surface area (Å²) in [6, 6.07) is 1.96. The number of rotatable bonds is 6. The Morgan fingerprint density at radius 1 is 1.41 bits per heavy atom. The van der Waals surface area contributed by atoms with Crippen LogP contribution in [-0.4, -0.2) is 32.4 Å². The molecule has 1 unspecified atom stereocenters. The van der Waals surface area contributed by atoms with Crippen molar-refractivity contribution in [2.45, 2.75) is 19.3 Å². The highest BCUT2D eigenvalue weighted by Gasteiger charge is 2.17. The molecule has 5 heteroatoms. The maximum absolute atomic E-state index is 5.99. The number of halogens is 1. The van der Waals surface area contributed by atoms with Crippen LogP contribution in [-0.2, 0) is 9.47 Å². The fourth-order valence-electron chi connectivity index (χ4n) is 1.80. The van der Waals surface area contributed by atoms with Gasteiger partial charge in [-0.3, -0.25) is 0 Å². The topological polar surface area (TPSA) is 57.4 Å². The summed E-state index contributed by atoms with van der Waals surface area (Å²) >= 11 is 5.99. The van der Waals surface area contributed by atoms with Gasteiger partial charge in [0.25, 0.3) is 0 Å². The monoisotopic (exact) mass is 258 g/mol. The van der Waals surface area contributed by atoms with E-state index in [-0.39, 0.29) is 5.92 Å². The van der Waals surface area contributed by atoms with Crippen molar-refractivity contribution >= 4 is 17.3 Å². The molecule has 0 saturated heterocycles. The van der Waals surface area contributed by atoms with Gasteiger partial charge in [0.05, 0.1) is 12.3 Å². The van der Waals surface area contributed by atoms with Gasteiger partial charge in [0, 0.05) is 32.4 Å². The molecule has 0 aromatic carbocycles. The lowest BCUT2D eigenvalue weighted by atomic mass is 9.95. The first kappa shape index (κ1) is 14.2. The van der Waals surface area contributed by atoms with Crippen LogP contribution in [0.15, 0.2) is 6.07 Å². The maximum Gasteiger partial charge on any atom is 0.152 e. The largest absolute Gasteiger partial charge is 0.396 e. The third kappa shape index (κ3) is 3.84. The van der Waals surface area contributed by atoms with E-state index in [1.807, 2.05) is 13.0 Å². The zero-order valence-electron chi connectivity index (χ0n) is 10.5. The number of ether oxygens (including phenoxy) is 2. The highest BCUT2D eigenvalue weighted by molar-refractivity contribution is 6.32. The van der Waals surface area contributed by atoms with Crippen LogP contribution in [0.4, 0.5) is 5.69 Å². The number of aryl methyl sites for hydroxylation is 1. The van der Waals surface area contributed by atoms with Gasteiger partial charge < -0.3 is 15.2 Å². The van der Waals surface area contributed by atoms with Gasteiger partial charge in [-0.25, -0.2) is 4.98 Å². The summed E-state index contributed by atoms with van der Waals surface area (Å²) in [6.07, 6.45) is 0.842. The highest BCUT2D eigenvalue weighted by Crippen LogP contribution is 2.30. The molecule has 1 atom stereocenters. The average molecular weight is 259 g/mol. The minimum absolute atomic E-state index is 0.180. The van der Waals surface area contributed by atoms with E-state index < -0.39 is 0 Å². The van der Waals surface area contributed by atoms with E-state index in [1.54, 1.807) is 14.2 Å². The molecule has 96 valence electrons. The lowest BCUT2D eigenvalue weighted by Gasteiger charge is -2.19. The van der Waals surface area contributed by atoms with Gasteiger partial charge in [-0.15, -0.1) is 0 Å². The quantitative estimate of drug-likeness (QED) is 0.796. The van der Waals surface area contributed by atoms with Gasteiger partial charge >= 0.3 is 0 Å². The van der Waals surface area contributed by atoms with Crippen LogP contribution in [0.1, 0.15) is 23.6 Å². The van der Waals surface area contributed by atoms with E-state index in [0.717, 1.165) is 17.7 Å². The molecular formula is C12H19ClN2O2. The van der Waals surface area contributed by atoms with Crippen LogP contribution in [0.2, 0.25) is 5.15 Å². The van der Waals surface area contributed by atoms with Crippen molar-refractivity contribution in [3.05, 3.63) is 22.5 Å². The number of aromatic nitrogens is 1. The lowest BCUT2D eigenvalue weighted by Crippen LogP contribution is -2.12. The van der Waals surface area contributed by atoms with E-state index >= 15 is 0 Å². The minimum atomic E-state index is 0.180. The van der Waals surface area contributed by atoms with Gasteiger partial charge in [-0.05, 0) is 25.0 Å². The first-order valence-corrected chi connectivity index (χ1v) is 5.88. The molecule has 0 aliphatic rings. The van der Waals surface area contributed by atoms with Crippen molar-refractivity contribution in [3.8, 4) is 0 Å². The normalized spacial score (nSPS) is 12.7. The summed E-state index contributed by atoms with van der Waals surface area (Å²) in [5.41, 5.74) is 8.35. The van der Waals surface area contributed by atoms with Crippen molar-refractivity contribution in [3.63, 3.8) is 0 Å². The van der Waals surface area contributed by atoms with Crippen LogP contribution in [0.3, 0.4) is 0 Å². The van der Waals surface area contributed by atoms with E-state index in [4.69, 9.17) is 26.8 Å². The molecule has 1 heterocycles. The van der Waals surface area contributed by atoms with E-state index in [2.05, 4.69) is 4.98 Å². The van der Waals surface area contributed by atoms with Crippen LogP contribution in [0, 0.1) is 6.92 Å². The number of nitrogens with zero attached hydrogens (tertiary/aromatic N) is 1. The predicted molar refractivity (Wildman–Crippen MR) is 69.5 cm³/mol. The Labute approximate surface area is 107 Å². The Bertz CT molecular complexity index is 372. The fourth-order valence-corrected chi connectivity index (χ4v) is 2.04. The number of pyridine rings is 1. The van der Waals surface area contributed by atoms with Crippen molar-refractivity contribution in [2.75, 3.05) is 33.2 Å². The molecule has 0 saturated carbocycles. The number of hydrogen-bond donors (Lipinski definition) is 1. The maximum atomic E-state index is 5.99. The second kappa shape index (κ2) is 6.79. The van der Waals surface area contributed by atoms with E-state index in [9.17, 15) is 0 Å². The smallest absolute Gasteiger partial charge is 0.152 e. The summed E-state index contributed by atoms with van der Waals surface area (Å²) in [4.78, 5) is 4.12. The Kier molecular flexibility index (Phi) is 5.68. The second-order valence-corrected chi connectivity index (χ2v) is 4.35. The van der Waals surface area contributed by atoms with Crippen LogP contribution < -0.4 is 5.73 Å². The fraction of sp³-hybridized carbons (Fsp3) is 0.583. The highest BCUT2D eigenvalue weighted by atomic mass is 35.5. The van der Waals surface area contributed by atoms with E-state index in [1.165, 1.54) is 0 Å². The molecule has 2 N–H and O–H groups in total. The van der Waals surface area contributed by atoms with Crippen LogP contribution in [0.25, 0.3) is 0 Å². The van der Waals surface area contributed by atoms with Crippen molar-refractivity contribution in [2.24, 2.45) is 0 Å². The second-order valence-electron chi connectivity index (χ2n) is 3.99. The first-order valence-electron chi connectivity index (χ1n) is 5.50. The molecule has 0 amide bonds. The first-order chi connectivity index (χ1) is 8.10. The number of nitrogens with two attached hydrogens (primary N) is 1. The summed E-state index contributed by atoms with van der Waals surface area (Å²) < 4.78 is 10.3. The van der Waals surface area contributed by atoms with Crippen LogP contribution >= 0.6 is 11.6 Å². The number of anilines is 1. The third-order valence-electron chi connectivity index (χ3n) is 2.65. The third-order valence-corrected chi connectivity index (χ3v) is 2.94. The molecule has 1 aromatic rings. The number of methoxy groups -OCH3 is 2. The molecule has 4 nitrogen and oxygen atoms in total. The van der Waals surface area contributed by atoms with Crippen molar-refractivity contribution in [1.82, 2.24) is 4.98 Å². The molecule has 1 aromatic heterocycles. The minimum Gasteiger partial charge on any atom is -0.396 e. The summed E-state index contributed by atoms with van der Waals surface area (Å²) in [5, 5.41) is 0.360. The zero-order chi connectivity index (χ0) is 12.8. The SMILES string of the molecule is COCCC(COC)c1cc(C)nc(Cl)c1N. The Hall–Kier alpha value is -0.840. The van der Waals surface area contributed by atoms with Crippen molar-refractivity contribution < 1.29 is 9.47 Å². The Morgan fingerprint density at radius 3 is 2.71 bits per heavy atom. The average Bonchev–Trinajstić information content (AvgIpc) is 2.29. The molecule has 0 aliphatic heterocycles. The standard InChI is InChI=1S/C12H19ClN2O2/c1-8-6-10(11(14)12(13)15-8)9(7-17-3)4-5-16-2/h6,9H,4-5,7,14H2,1-3H3.